The Hall–Kier alpha value is -4.14. The number of para-hydroxylation sites is 1. The number of aromatic nitrogens is 6. The summed E-state index contributed by atoms with van der Waals surface area (Å²) in [6.45, 7) is 3.82. The SMILES string of the molecule is CC[C@H](Nc1ncnc2nc(C)[nH]c12)c1nc2cccc(F)c2c(=O)n1-c1ccccc1. The maximum atomic E-state index is 14.6. The Labute approximate surface area is 182 Å². The van der Waals surface area contributed by atoms with E-state index in [2.05, 4.69) is 25.3 Å². The van der Waals surface area contributed by atoms with Crippen LogP contribution in [0, 0.1) is 12.7 Å². The molecular weight excluding hydrogens is 409 g/mol. The maximum absolute atomic E-state index is 14.6. The number of nitrogens with zero attached hydrogens (tertiary/aromatic N) is 5. The van der Waals surface area contributed by atoms with Crippen LogP contribution in [0.5, 0.6) is 0 Å². The Morgan fingerprint density at radius 2 is 1.91 bits per heavy atom. The van der Waals surface area contributed by atoms with Gasteiger partial charge in [-0.2, -0.15) is 0 Å². The standard InChI is InChI=1S/C23H20FN7O/c1-3-16(29-21-19-20(25-12-26-21)28-13(2)27-19)22-30-17-11-7-10-15(24)18(17)23(32)31(22)14-8-5-4-6-9-14/h4-12,16H,3H2,1-2H3,(H2,25,26,27,28,29)/t16-/m0/s1. The molecule has 2 aromatic carbocycles. The number of rotatable bonds is 5. The molecule has 2 N–H and O–H groups in total. The van der Waals surface area contributed by atoms with Gasteiger partial charge in [-0.3, -0.25) is 9.36 Å². The first kappa shape index (κ1) is 19.8. The van der Waals surface area contributed by atoms with Crippen LogP contribution in [0.25, 0.3) is 27.8 Å². The van der Waals surface area contributed by atoms with Gasteiger partial charge in [-0.15, -0.1) is 0 Å². The Bertz CT molecular complexity index is 1490. The molecule has 0 aliphatic heterocycles. The molecule has 0 bridgehead atoms. The number of hydrogen-bond donors (Lipinski definition) is 2. The smallest absolute Gasteiger partial charge is 0.269 e. The number of nitrogens with one attached hydrogen (secondary N) is 2. The lowest BCUT2D eigenvalue weighted by Crippen LogP contribution is -2.28. The summed E-state index contributed by atoms with van der Waals surface area (Å²) in [4.78, 5) is 34.3. The van der Waals surface area contributed by atoms with Crippen LogP contribution in [0.15, 0.2) is 59.7 Å². The van der Waals surface area contributed by atoms with Gasteiger partial charge in [0.2, 0.25) is 0 Å². The van der Waals surface area contributed by atoms with Crippen LogP contribution in [0.2, 0.25) is 0 Å². The highest BCUT2D eigenvalue weighted by atomic mass is 19.1. The summed E-state index contributed by atoms with van der Waals surface area (Å²) in [5.74, 6) is 1.14. The predicted molar refractivity (Wildman–Crippen MR) is 120 cm³/mol. The van der Waals surface area contributed by atoms with Crippen molar-refractivity contribution in [1.82, 2.24) is 29.5 Å². The second-order valence-electron chi connectivity index (χ2n) is 7.43. The topological polar surface area (TPSA) is 101 Å². The van der Waals surface area contributed by atoms with Crippen molar-refractivity contribution in [2.75, 3.05) is 5.32 Å². The Balaban J connectivity index is 1.73. The summed E-state index contributed by atoms with van der Waals surface area (Å²) in [6.07, 6.45) is 2.03. The summed E-state index contributed by atoms with van der Waals surface area (Å²) in [6, 6.07) is 13.2. The van der Waals surface area contributed by atoms with Crippen molar-refractivity contribution in [3.8, 4) is 5.69 Å². The lowest BCUT2D eigenvalue weighted by molar-refractivity contribution is 0.630. The molecule has 9 heteroatoms. The number of aromatic amines is 1. The van der Waals surface area contributed by atoms with Gasteiger partial charge in [0.25, 0.3) is 5.56 Å². The molecule has 0 unspecified atom stereocenters. The van der Waals surface area contributed by atoms with Crippen LogP contribution in [0.4, 0.5) is 10.2 Å². The summed E-state index contributed by atoms with van der Waals surface area (Å²) in [5.41, 5.74) is 1.67. The van der Waals surface area contributed by atoms with Gasteiger partial charge in [-0.25, -0.2) is 24.3 Å². The largest absolute Gasteiger partial charge is 0.358 e. The van der Waals surface area contributed by atoms with Crippen LogP contribution in [0.3, 0.4) is 0 Å². The number of H-pyrrole nitrogens is 1. The molecule has 0 fully saturated rings. The molecule has 0 aliphatic rings. The zero-order valence-corrected chi connectivity index (χ0v) is 17.5. The van der Waals surface area contributed by atoms with E-state index in [-0.39, 0.29) is 5.39 Å². The zero-order valence-electron chi connectivity index (χ0n) is 17.5. The maximum Gasteiger partial charge on any atom is 0.269 e. The van der Waals surface area contributed by atoms with Crippen molar-refractivity contribution < 1.29 is 4.39 Å². The summed E-state index contributed by atoms with van der Waals surface area (Å²) >= 11 is 0. The van der Waals surface area contributed by atoms with E-state index < -0.39 is 17.4 Å². The molecular formula is C23H20FN7O. The highest BCUT2D eigenvalue weighted by Crippen LogP contribution is 2.26. The van der Waals surface area contributed by atoms with Crippen LogP contribution >= 0.6 is 0 Å². The third kappa shape index (κ3) is 3.27. The van der Waals surface area contributed by atoms with E-state index in [1.165, 1.54) is 17.0 Å². The fourth-order valence-electron chi connectivity index (χ4n) is 3.83. The number of fused-ring (bicyclic) bond motifs is 2. The number of aryl methyl sites for hydroxylation is 1. The lowest BCUT2D eigenvalue weighted by Gasteiger charge is -2.22. The van der Waals surface area contributed by atoms with Gasteiger partial charge in [-0.05, 0) is 37.6 Å². The molecule has 1 atom stereocenters. The molecule has 3 heterocycles. The van der Waals surface area contributed by atoms with Crippen molar-refractivity contribution in [2.24, 2.45) is 0 Å². The molecule has 0 aliphatic carbocycles. The quantitative estimate of drug-likeness (QED) is 0.437. The van der Waals surface area contributed by atoms with Crippen molar-refractivity contribution in [2.45, 2.75) is 26.3 Å². The van der Waals surface area contributed by atoms with E-state index in [0.29, 0.717) is 40.4 Å². The molecule has 0 amide bonds. The molecule has 0 radical (unpaired) electrons. The molecule has 5 rings (SSSR count). The minimum atomic E-state index is -0.595. The highest BCUT2D eigenvalue weighted by Gasteiger charge is 2.23. The van der Waals surface area contributed by atoms with Gasteiger partial charge < -0.3 is 10.3 Å². The molecule has 0 saturated carbocycles. The normalized spacial score (nSPS) is 12.3. The van der Waals surface area contributed by atoms with Crippen LogP contribution in [-0.2, 0) is 0 Å². The second-order valence-corrected chi connectivity index (χ2v) is 7.43. The van der Waals surface area contributed by atoms with Gasteiger partial charge in [0.15, 0.2) is 11.5 Å². The minimum absolute atomic E-state index is 0.0384. The van der Waals surface area contributed by atoms with Gasteiger partial charge >= 0.3 is 0 Å². The number of imidazole rings is 1. The first-order valence-electron chi connectivity index (χ1n) is 10.3. The number of hydrogen-bond acceptors (Lipinski definition) is 6. The molecule has 5 aromatic rings. The molecule has 32 heavy (non-hydrogen) atoms. The van der Waals surface area contributed by atoms with Crippen LogP contribution in [-0.4, -0.2) is 29.5 Å². The van der Waals surface area contributed by atoms with Crippen LogP contribution < -0.4 is 10.9 Å². The van der Waals surface area contributed by atoms with Crippen molar-refractivity contribution in [3.05, 3.63) is 82.7 Å². The minimum Gasteiger partial charge on any atom is -0.358 e. The second kappa shape index (κ2) is 7.84. The van der Waals surface area contributed by atoms with Crippen molar-refractivity contribution in [3.63, 3.8) is 0 Å². The van der Waals surface area contributed by atoms with E-state index in [1.54, 1.807) is 24.3 Å². The summed E-state index contributed by atoms with van der Waals surface area (Å²) in [5, 5.41) is 3.34. The average Bonchev–Trinajstić information content (AvgIpc) is 3.19. The number of anilines is 1. The molecule has 160 valence electrons. The number of halogens is 1. The predicted octanol–water partition coefficient (Wildman–Crippen LogP) is 4.06. The summed E-state index contributed by atoms with van der Waals surface area (Å²) < 4.78 is 16.0. The third-order valence-electron chi connectivity index (χ3n) is 5.32. The Morgan fingerprint density at radius 3 is 2.69 bits per heavy atom. The van der Waals surface area contributed by atoms with Crippen molar-refractivity contribution >= 4 is 27.9 Å². The molecule has 8 nitrogen and oxygen atoms in total. The summed E-state index contributed by atoms with van der Waals surface area (Å²) in [7, 11) is 0. The Kier molecular flexibility index (Phi) is 4.85. The third-order valence-corrected chi connectivity index (χ3v) is 5.32. The number of benzene rings is 2. The van der Waals surface area contributed by atoms with E-state index >= 15 is 0 Å². The molecule has 3 aromatic heterocycles. The van der Waals surface area contributed by atoms with E-state index in [4.69, 9.17) is 4.98 Å². The van der Waals surface area contributed by atoms with Gasteiger partial charge in [-0.1, -0.05) is 31.2 Å². The van der Waals surface area contributed by atoms with Gasteiger partial charge in [0.1, 0.15) is 34.7 Å². The van der Waals surface area contributed by atoms with E-state index in [9.17, 15) is 9.18 Å². The first-order chi connectivity index (χ1) is 15.6. The highest BCUT2D eigenvalue weighted by molar-refractivity contribution is 5.83. The molecule has 0 spiro atoms. The van der Waals surface area contributed by atoms with Gasteiger partial charge in [0, 0.05) is 0 Å². The van der Waals surface area contributed by atoms with Gasteiger partial charge in [0.05, 0.1) is 17.2 Å². The van der Waals surface area contributed by atoms with Crippen molar-refractivity contribution in [1.29, 1.82) is 0 Å². The first-order valence-corrected chi connectivity index (χ1v) is 10.3. The lowest BCUT2D eigenvalue weighted by atomic mass is 10.1. The fraction of sp³-hybridized carbons (Fsp3) is 0.174. The fourth-order valence-corrected chi connectivity index (χ4v) is 3.83. The van der Waals surface area contributed by atoms with E-state index in [0.717, 1.165) is 5.82 Å². The van der Waals surface area contributed by atoms with Crippen LogP contribution in [0.1, 0.15) is 31.0 Å². The average molecular weight is 429 g/mol. The van der Waals surface area contributed by atoms with E-state index in [1.807, 2.05) is 32.0 Å². The molecule has 0 saturated heterocycles. The monoisotopic (exact) mass is 429 g/mol. The zero-order chi connectivity index (χ0) is 22.2. The Morgan fingerprint density at radius 1 is 1.09 bits per heavy atom.